The van der Waals surface area contributed by atoms with E-state index in [9.17, 15) is 13.2 Å². The molecule has 1 aromatic heterocycles. The van der Waals surface area contributed by atoms with Crippen molar-refractivity contribution in [3.05, 3.63) is 52.6 Å². The molecule has 1 aromatic carbocycles. The van der Waals surface area contributed by atoms with Crippen LogP contribution in [0.3, 0.4) is 0 Å². The van der Waals surface area contributed by atoms with Crippen molar-refractivity contribution < 1.29 is 13.2 Å². The van der Waals surface area contributed by atoms with Gasteiger partial charge in [-0.1, -0.05) is 34.5 Å². The molecule has 0 unspecified atom stereocenters. The normalized spacial score (nSPS) is 16.2. The minimum absolute atomic E-state index is 0.00762. The van der Waals surface area contributed by atoms with E-state index in [0.29, 0.717) is 5.69 Å². The second-order valence-corrected chi connectivity index (χ2v) is 8.93. The minimum Gasteiger partial charge on any atom is -0.324 e. The van der Waals surface area contributed by atoms with Gasteiger partial charge in [0.25, 0.3) is 0 Å². The monoisotopic (exact) mass is 408 g/mol. The van der Waals surface area contributed by atoms with Crippen molar-refractivity contribution in [1.82, 2.24) is 4.98 Å². The van der Waals surface area contributed by atoms with Crippen LogP contribution in [0.2, 0.25) is 0 Å². The number of benzene rings is 1. The zero-order valence-electron chi connectivity index (χ0n) is 13.1. The van der Waals surface area contributed by atoms with Crippen LogP contribution < -0.4 is 5.32 Å². The van der Waals surface area contributed by atoms with Gasteiger partial charge < -0.3 is 5.32 Å². The number of pyridine rings is 1. The van der Waals surface area contributed by atoms with Crippen molar-refractivity contribution in [1.29, 1.82) is 0 Å². The second kappa shape index (κ2) is 6.29. The van der Waals surface area contributed by atoms with Crippen molar-refractivity contribution in [2.24, 2.45) is 0 Å². The standard InChI is InChI=1S/C17H17BrN2O3S/c1-24(22,23)15-8-7-14(11-19-15)20-16(21)17(9-2-10-17)12-3-5-13(18)6-4-12/h3-8,11H,2,9-10H2,1H3,(H,20,21). The van der Waals surface area contributed by atoms with E-state index in [1.54, 1.807) is 6.07 Å². The van der Waals surface area contributed by atoms with E-state index in [1.807, 2.05) is 24.3 Å². The van der Waals surface area contributed by atoms with Gasteiger partial charge in [-0.25, -0.2) is 13.4 Å². The third-order valence-electron chi connectivity index (χ3n) is 4.41. The summed E-state index contributed by atoms with van der Waals surface area (Å²) in [5.41, 5.74) is 0.974. The van der Waals surface area contributed by atoms with Crippen LogP contribution in [0.5, 0.6) is 0 Å². The number of rotatable bonds is 4. The molecule has 0 aliphatic heterocycles. The molecule has 0 saturated heterocycles. The molecular formula is C17H17BrN2O3S. The third-order valence-corrected chi connectivity index (χ3v) is 5.94. The lowest BCUT2D eigenvalue weighted by Gasteiger charge is -2.40. The summed E-state index contributed by atoms with van der Waals surface area (Å²) < 4.78 is 23.9. The van der Waals surface area contributed by atoms with Gasteiger partial charge in [-0.3, -0.25) is 4.79 Å². The Hall–Kier alpha value is -1.73. The van der Waals surface area contributed by atoms with E-state index >= 15 is 0 Å². The Morgan fingerprint density at radius 3 is 2.29 bits per heavy atom. The topological polar surface area (TPSA) is 76.1 Å². The van der Waals surface area contributed by atoms with Crippen molar-refractivity contribution in [3.8, 4) is 0 Å². The summed E-state index contributed by atoms with van der Waals surface area (Å²) in [5, 5.41) is 2.86. The maximum absolute atomic E-state index is 12.8. The van der Waals surface area contributed by atoms with Crippen LogP contribution in [-0.2, 0) is 20.0 Å². The van der Waals surface area contributed by atoms with E-state index in [-0.39, 0.29) is 10.9 Å². The van der Waals surface area contributed by atoms with Gasteiger partial charge in [0.15, 0.2) is 14.9 Å². The van der Waals surface area contributed by atoms with Crippen molar-refractivity contribution >= 4 is 37.4 Å². The average molecular weight is 409 g/mol. The van der Waals surface area contributed by atoms with E-state index in [2.05, 4.69) is 26.2 Å². The van der Waals surface area contributed by atoms with E-state index in [4.69, 9.17) is 0 Å². The summed E-state index contributed by atoms with van der Waals surface area (Å²) >= 11 is 3.41. The molecule has 0 bridgehead atoms. The predicted octanol–water partition coefficient (Wildman–Crippen LogP) is 3.31. The summed E-state index contributed by atoms with van der Waals surface area (Å²) in [5.74, 6) is -0.0787. The fourth-order valence-electron chi connectivity index (χ4n) is 2.87. The predicted molar refractivity (Wildman–Crippen MR) is 95.6 cm³/mol. The highest BCUT2D eigenvalue weighted by atomic mass is 79.9. The zero-order valence-corrected chi connectivity index (χ0v) is 15.5. The molecule has 1 aliphatic rings. The van der Waals surface area contributed by atoms with Crippen LogP contribution in [0.4, 0.5) is 5.69 Å². The first-order valence-electron chi connectivity index (χ1n) is 7.55. The molecule has 1 amide bonds. The fourth-order valence-corrected chi connectivity index (χ4v) is 3.69. The first kappa shape index (κ1) is 17.1. The molecular weight excluding hydrogens is 392 g/mol. The molecule has 0 spiro atoms. The number of sulfone groups is 1. The van der Waals surface area contributed by atoms with Crippen LogP contribution >= 0.6 is 15.9 Å². The smallest absolute Gasteiger partial charge is 0.235 e. The molecule has 126 valence electrons. The maximum atomic E-state index is 12.8. The van der Waals surface area contributed by atoms with Gasteiger partial charge in [0.2, 0.25) is 5.91 Å². The van der Waals surface area contributed by atoms with Crippen LogP contribution in [0, 0.1) is 0 Å². The highest BCUT2D eigenvalue weighted by Gasteiger charge is 2.45. The molecule has 1 heterocycles. The number of nitrogens with one attached hydrogen (secondary N) is 1. The highest BCUT2D eigenvalue weighted by Crippen LogP contribution is 2.44. The number of carbonyl (C=O) groups is 1. The molecule has 0 atom stereocenters. The van der Waals surface area contributed by atoms with Gasteiger partial charge in [-0.05, 0) is 42.7 Å². The molecule has 5 nitrogen and oxygen atoms in total. The Morgan fingerprint density at radius 2 is 1.83 bits per heavy atom. The number of anilines is 1. The molecule has 0 radical (unpaired) electrons. The van der Waals surface area contributed by atoms with Crippen LogP contribution in [-0.4, -0.2) is 25.6 Å². The highest BCUT2D eigenvalue weighted by molar-refractivity contribution is 9.10. The largest absolute Gasteiger partial charge is 0.324 e. The van der Waals surface area contributed by atoms with Gasteiger partial charge in [0.05, 0.1) is 17.3 Å². The van der Waals surface area contributed by atoms with Gasteiger partial charge in [0, 0.05) is 10.7 Å². The van der Waals surface area contributed by atoms with Gasteiger partial charge >= 0.3 is 0 Å². The number of hydrogen-bond donors (Lipinski definition) is 1. The molecule has 1 aliphatic carbocycles. The Labute approximate surface area is 149 Å². The number of amides is 1. The molecule has 24 heavy (non-hydrogen) atoms. The van der Waals surface area contributed by atoms with E-state index in [0.717, 1.165) is 35.6 Å². The summed E-state index contributed by atoms with van der Waals surface area (Å²) in [6, 6.07) is 10.8. The molecule has 1 saturated carbocycles. The third kappa shape index (κ3) is 3.23. The molecule has 7 heteroatoms. The fraction of sp³-hybridized carbons (Fsp3) is 0.294. The first-order valence-corrected chi connectivity index (χ1v) is 10.2. The van der Waals surface area contributed by atoms with Gasteiger partial charge in [-0.2, -0.15) is 0 Å². The number of hydrogen-bond acceptors (Lipinski definition) is 4. The lowest BCUT2D eigenvalue weighted by molar-refractivity contribution is -0.124. The van der Waals surface area contributed by atoms with E-state index in [1.165, 1.54) is 12.3 Å². The van der Waals surface area contributed by atoms with Crippen LogP contribution in [0.1, 0.15) is 24.8 Å². The average Bonchev–Trinajstić information content (AvgIpc) is 2.47. The van der Waals surface area contributed by atoms with Crippen molar-refractivity contribution in [2.45, 2.75) is 29.7 Å². The maximum Gasteiger partial charge on any atom is 0.235 e. The number of nitrogens with zero attached hydrogens (tertiary/aromatic N) is 1. The Balaban J connectivity index is 1.81. The Bertz CT molecular complexity index is 858. The SMILES string of the molecule is CS(=O)(=O)c1ccc(NC(=O)C2(c3ccc(Br)cc3)CCC2)cn1. The lowest BCUT2D eigenvalue weighted by atomic mass is 9.64. The Morgan fingerprint density at radius 1 is 1.17 bits per heavy atom. The zero-order chi connectivity index (χ0) is 17.4. The first-order chi connectivity index (χ1) is 11.3. The molecule has 2 aromatic rings. The minimum atomic E-state index is -3.35. The quantitative estimate of drug-likeness (QED) is 0.841. The number of halogens is 1. The van der Waals surface area contributed by atoms with E-state index < -0.39 is 15.3 Å². The summed E-state index contributed by atoms with van der Waals surface area (Å²) in [6.07, 6.45) is 5.09. The molecule has 1 N–H and O–H groups in total. The lowest BCUT2D eigenvalue weighted by Crippen LogP contribution is -2.46. The summed E-state index contributed by atoms with van der Waals surface area (Å²) in [6.45, 7) is 0. The van der Waals surface area contributed by atoms with Crippen molar-refractivity contribution in [2.75, 3.05) is 11.6 Å². The number of carbonyl (C=O) groups excluding carboxylic acids is 1. The van der Waals surface area contributed by atoms with Gasteiger partial charge in [-0.15, -0.1) is 0 Å². The second-order valence-electron chi connectivity index (χ2n) is 6.05. The molecule has 1 fully saturated rings. The van der Waals surface area contributed by atoms with Crippen molar-refractivity contribution in [3.63, 3.8) is 0 Å². The molecule has 3 rings (SSSR count). The van der Waals surface area contributed by atoms with Gasteiger partial charge in [0.1, 0.15) is 0 Å². The van der Waals surface area contributed by atoms with Crippen LogP contribution in [0.25, 0.3) is 0 Å². The number of aromatic nitrogens is 1. The summed E-state index contributed by atoms with van der Waals surface area (Å²) in [7, 11) is -3.35. The van der Waals surface area contributed by atoms with Crippen LogP contribution in [0.15, 0.2) is 52.1 Å². The Kier molecular flexibility index (Phi) is 4.48. The summed E-state index contributed by atoms with van der Waals surface area (Å²) in [4.78, 5) is 16.7.